The first kappa shape index (κ1) is 10.9. The van der Waals surface area contributed by atoms with Crippen LogP contribution < -0.4 is 11.1 Å². The number of nitrogen functional groups attached to an aromatic ring is 1. The molecule has 3 N–H and O–H groups in total. The van der Waals surface area contributed by atoms with Crippen molar-refractivity contribution >= 4 is 11.5 Å². The molecule has 14 heavy (non-hydrogen) atoms. The molecule has 0 aliphatic heterocycles. The minimum absolute atomic E-state index is 0.719. The summed E-state index contributed by atoms with van der Waals surface area (Å²) < 4.78 is 1.72. The first-order valence-corrected chi connectivity index (χ1v) is 5.12. The Morgan fingerprint density at radius 1 is 1.57 bits per heavy atom. The summed E-state index contributed by atoms with van der Waals surface area (Å²) in [4.78, 5) is 0. The third-order valence-electron chi connectivity index (χ3n) is 2.11. The van der Waals surface area contributed by atoms with Gasteiger partial charge in [-0.2, -0.15) is 5.10 Å². The van der Waals surface area contributed by atoms with E-state index >= 15 is 0 Å². The summed E-state index contributed by atoms with van der Waals surface area (Å²) in [7, 11) is 1.87. The molecule has 1 aromatic heterocycles. The second-order valence-corrected chi connectivity index (χ2v) is 4.07. The summed E-state index contributed by atoms with van der Waals surface area (Å²) in [6, 6.07) is 0. The zero-order valence-electron chi connectivity index (χ0n) is 9.25. The summed E-state index contributed by atoms with van der Waals surface area (Å²) >= 11 is 0. The van der Waals surface area contributed by atoms with Crippen molar-refractivity contribution in [2.75, 3.05) is 17.6 Å². The topological polar surface area (TPSA) is 55.9 Å². The average Bonchev–Trinajstić information content (AvgIpc) is 2.39. The van der Waals surface area contributed by atoms with Gasteiger partial charge in [0.2, 0.25) is 0 Å². The number of nitrogens with zero attached hydrogens (tertiary/aromatic N) is 2. The van der Waals surface area contributed by atoms with Gasteiger partial charge in [-0.3, -0.25) is 4.68 Å². The molecule has 0 aliphatic carbocycles. The molecule has 4 nitrogen and oxygen atoms in total. The van der Waals surface area contributed by atoms with Crippen molar-refractivity contribution in [1.29, 1.82) is 0 Å². The predicted octanol–water partition coefficient (Wildman–Crippen LogP) is 1.85. The molecule has 0 saturated heterocycles. The molecule has 0 fully saturated rings. The molecule has 0 aliphatic rings. The smallest absolute Gasteiger partial charge is 0.171 e. The third kappa shape index (κ3) is 3.28. The summed E-state index contributed by atoms with van der Waals surface area (Å²) in [5.74, 6) is 1.56. The highest BCUT2D eigenvalue weighted by Crippen LogP contribution is 2.14. The van der Waals surface area contributed by atoms with E-state index in [2.05, 4.69) is 24.3 Å². The van der Waals surface area contributed by atoms with Gasteiger partial charge in [-0.05, 0) is 18.8 Å². The lowest BCUT2D eigenvalue weighted by Gasteiger charge is -2.05. The van der Waals surface area contributed by atoms with Crippen LogP contribution in [0.1, 0.15) is 26.7 Å². The zero-order valence-corrected chi connectivity index (χ0v) is 9.25. The van der Waals surface area contributed by atoms with Gasteiger partial charge in [0, 0.05) is 19.8 Å². The van der Waals surface area contributed by atoms with Crippen molar-refractivity contribution in [3.8, 4) is 0 Å². The summed E-state index contributed by atoms with van der Waals surface area (Å²) in [5.41, 5.74) is 6.46. The van der Waals surface area contributed by atoms with Crippen LogP contribution in [0.5, 0.6) is 0 Å². The van der Waals surface area contributed by atoms with Crippen molar-refractivity contribution in [3.05, 3.63) is 6.20 Å². The van der Waals surface area contributed by atoms with Crippen molar-refractivity contribution in [3.63, 3.8) is 0 Å². The maximum atomic E-state index is 5.74. The van der Waals surface area contributed by atoms with E-state index in [1.165, 1.54) is 6.42 Å². The lowest BCUT2D eigenvalue weighted by molar-refractivity contribution is 0.566. The molecule has 0 aromatic carbocycles. The van der Waals surface area contributed by atoms with E-state index in [-0.39, 0.29) is 0 Å². The standard InChI is InChI=1S/C10H20N4/c1-8(2)5-4-6-12-10-9(11)7-14(3)13-10/h7-8H,4-6,11H2,1-3H3,(H,12,13). The highest BCUT2D eigenvalue weighted by molar-refractivity contribution is 5.59. The second kappa shape index (κ2) is 4.88. The van der Waals surface area contributed by atoms with Gasteiger partial charge in [0.15, 0.2) is 5.82 Å². The Morgan fingerprint density at radius 3 is 2.79 bits per heavy atom. The van der Waals surface area contributed by atoms with Crippen LogP contribution in [0.25, 0.3) is 0 Å². The van der Waals surface area contributed by atoms with Crippen molar-refractivity contribution in [1.82, 2.24) is 9.78 Å². The van der Waals surface area contributed by atoms with Crippen LogP contribution in [0.15, 0.2) is 6.20 Å². The van der Waals surface area contributed by atoms with Crippen LogP contribution in [0.3, 0.4) is 0 Å². The minimum atomic E-state index is 0.719. The van der Waals surface area contributed by atoms with Crippen LogP contribution >= 0.6 is 0 Å². The molecule has 0 atom stereocenters. The lowest BCUT2D eigenvalue weighted by atomic mass is 10.1. The average molecular weight is 196 g/mol. The Hall–Kier alpha value is -1.19. The number of rotatable bonds is 5. The van der Waals surface area contributed by atoms with Gasteiger partial charge in [0.05, 0.1) is 5.69 Å². The molecule has 1 aromatic rings. The summed E-state index contributed by atoms with van der Waals surface area (Å²) in [6.45, 7) is 5.41. The molecule has 0 spiro atoms. The SMILES string of the molecule is CC(C)CCCNc1nn(C)cc1N. The Morgan fingerprint density at radius 2 is 2.29 bits per heavy atom. The van der Waals surface area contributed by atoms with E-state index in [9.17, 15) is 0 Å². The molecular formula is C10H20N4. The molecule has 1 rings (SSSR count). The Balaban J connectivity index is 2.28. The van der Waals surface area contributed by atoms with E-state index in [1.807, 2.05) is 13.2 Å². The van der Waals surface area contributed by atoms with Gasteiger partial charge in [-0.25, -0.2) is 0 Å². The number of aromatic nitrogens is 2. The first-order chi connectivity index (χ1) is 6.59. The Bertz CT molecular complexity index is 278. The van der Waals surface area contributed by atoms with Crippen LogP contribution in [0.4, 0.5) is 11.5 Å². The molecule has 0 saturated carbocycles. The Kier molecular flexibility index (Phi) is 3.80. The second-order valence-electron chi connectivity index (χ2n) is 4.07. The van der Waals surface area contributed by atoms with E-state index in [1.54, 1.807) is 4.68 Å². The zero-order chi connectivity index (χ0) is 10.6. The molecule has 0 unspecified atom stereocenters. The van der Waals surface area contributed by atoms with Gasteiger partial charge in [0.1, 0.15) is 0 Å². The highest BCUT2D eigenvalue weighted by Gasteiger charge is 2.02. The van der Waals surface area contributed by atoms with E-state index in [0.717, 1.165) is 30.4 Å². The van der Waals surface area contributed by atoms with Gasteiger partial charge in [-0.15, -0.1) is 0 Å². The maximum absolute atomic E-state index is 5.74. The molecule has 80 valence electrons. The van der Waals surface area contributed by atoms with Crippen molar-refractivity contribution < 1.29 is 0 Å². The summed E-state index contributed by atoms with van der Waals surface area (Å²) in [5, 5.41) is 7.44. The van der Waals surface area contributed by atoms with Gasteiger partial charge in [0.25, 0.3) is 0 Å². The number of hydrogen-bond donors (Lipinski definition) is 2. The fourth-order valence-corrected chi connectivity index (χ4v) is 1.36. The normalized spacial score (nSPS) is 10.9. The quantitative estimate of drug-likeness (QED) is 0.707. The van der Waals surface area contributed by atoms with Gasteiger partial charge < -0.3 is 11.1 Å². The van der Waals surface area contributed by atoms with Crippen LogP contribution in [0.2, 0.25) is 0 Å². The number of hydrogen-bond acceptors (Lipinski definition) is 3. The molecular weight excluding hydrogens is 176 g/mol. The van der Waals surface area contributed by atoms with E-state index in [4.69, 9.17) is 5.73 Å². The molecule has 1 heterocycles. The summed E-state index contributed by atoms with van der Waals surface area (Å²) in [6.07, 6.45) is 4.21. The fraction of sp³-hybridized carbons (Fsp3) is 0.700. The number of aryl methyl sites for hydroxylation is 1. The molecule has 4 heteroatoms. The predicted molar refractivity (Wildman–Crippen MR) is 60.2 cm³/mol. The number of anilines is 2. The van der Waals surface area contributed by atoms with Crippen LogP contribution in [-0.2, 0) is 7.05 Å². The lowest BCUT2D eigenvalue weighted by Crippen LogP contribution is -2.05. The number of nitrogens with one attached hydrogen (secondary N) is 1. The minimum Gasteiger partial charge on any atom is -0.394 e. The number of nitrogens with two attached hydrogens (primary N) is 1. The van der Waals surface area contributed by atoms with Crippen LogP contribution in [-0.4, -0.2) is 16.3 Å². The Labute approximate surface area is 85.5 Å². The van der Waals surface area contributed by atoms with Crippen molar-refractivity contribution in [2.24, 2.45) is 13.0 Å². The van der Waals surface area contributed by atoms with E-state index < -0.39 is 0 Å². The van der Waals surface area contributed by atoms with Gasteiger partial charge in [-0.1, -0.05) is 13.8 Å². The molecule has 0 bridgehead atoms. The fourth-order valence-electron chi connectivity index (χ4n) is 1.36. The maximum Gasteiger partial charge on any atom is 0.171 e. The van der Waals surface area contributed by atoms with Crippen LogP contribution in [0, 0.1) is 5.92 Å². The van der Waals surface area contributed by atoms with E-state index in [0.29, 0.717) is 0 Å². The third-order valence-corrected chi connectivity index (χ3v) is 2.11. The highest BCUT2D eigenvalue weighted by atomic mass is 15.3. The largest absolute Gasteiger partial charge is 0.394 e. The monoisotopic (exact) mass is 196 g/mol. The molecule has 0 radical (unpaired) electrons. The first-order valence-electron chi connectivity index (χ1n) is 5.12. The molecule has 0 amide bonds. The van der Waals surface area contributed by atoms with Gasteiger partial charge >= 0.3 is 0 Å². The van der Waals surface area contributed by atoms with Crippen molar-refractivity contribution in [2.45, 2.75) is 26.7 Å².